The molecule has 0 amide bonds. The smallest absolute Gasteiger partial charge is 0.406 e. The third-order valence-corrected chi connectivity index (χ3v) is 3.83. The third kappa shape index (κ3) is 2.84. The standard InChI is InChI=1S/C13H17N3O2S/c1-13(2,11(14)19)6-4-8-16-10-9(18-12(16)17)5-3-7-15-10/h3,5,7H,4,6,8H2,1-2H3,(H2,14,19). The second kappa shape index (κ2) is 5.13. The van der Waals surface area contributed by atoms with Gasteiger partial charge in [-0.1, -0.05) is 26.1 Å². The molecule has 0 fully saturated rings. The molecule has 0 atom stereocenters. The van der Waals surface area contributed by atoms with Crippen molar-refractivity contribution in [2.24, 2.45) is 11.1 Å². The van der Waals surface area contributed by atoms with Crippen molar-refractivity contribution in [2.45, 2.75) is 33.2 Å². The summed E-state index contributed by atoms with van der Waals surface area (Å²) in [5, 5.41) is 0. The minimum absolute atomic E-state index is 0.202. The van der Waals surface area contributed by atoms with Gasteiger partial charge in [0.1, 0.15) is 0 Å². The lowest BCUT2D eigenvalue weighted by Gasteiger charge is -2.22. The monoisotopic (exact) mass is 279 g/mol. The molecule has 0 radical (unpaired) electrons. The number of oxazole rings is 1. The molecule has 0 saturated carbocycles. The van der Waals surface area contributed by atoms with Crippen molar-refractivity contribution >= 4 is 28.4 Å². The Morgan fingerprint density at radius 3 is 3.00 bits per heavy atom. The first kappa shape index (κ1) is 13.7. The van der Waals surface area contributed by atoms with E-state index in [4.69, 9.17) is 22.4 Å². The van der Waals surface area contributed by atoms with E-state index >= 15 is 0 Å². The van der Waals surface area contributed by atoms with Gasteiger partial charge >= 0.3 is 5.76 Å². The maximum Gasteiger partial charge on any atom is 0.421 e. The first-order valence-corrected chi connectivity index (χ1v) is 6.57. The fourth-order valence-corrected chi connectivity index (χ4v) is 2.00. The molecule has 5 nitrogen and oxygen atoms in total. The topological polar surface area (TPSA) is 74.0 Å². The number of hydrogen-bond acceptors (Lipinski definition) is 4. The largest absolute Gasteiger partial charge is 0.421 e. The molecule has 19 heavy (non-hydrogen) atoms. The van der Waals surface area contributed by atoms with Crippen molar-refractivity contribution in [1.29, 1.82) is 0 Å². The second-order valence-electron chi connectivity index (χ2n) is 5.20. The number of nitrogens with two attached hydrogens (primary N) is 1. The minimum atomic E-state index is -0.373. The van der Waals surface area contributed by atoms with E-state index in [0.29, 0.717) is 22.8 Å². The number of aromatic nitrogens is 2. The highest BCUT2D eigenvalue weighted by atomic mass is 32.1. The maximum absolute atomic E-state index is 11.7. The van der Waals surface area contributed by atoms with E-state index < -0.39 is 0 Å². The van der Waals surface area contributed by atoms with E-state index in [0.717, 1.165) is 12.8 Å². The highest BCUT2D eigenvalue weighted by molar-refractivity contribution is 7.80. The maximum atomic E-state index is 11.7. The van der Waals surface area contributed by atoms with Crippen LogP contribution >= 0.6 is 12.2 Å². The van der Waals surface area contributed by atoms with E-state index in [9.17, 15) is 4.79 Å². The minimum Gasteiger partial charge on any atom is -0.406 e. The zero-order valence-electron chi connectivity index (χ0n) is 11.0. The first-order chi connectivity index (χ1) is 8.92. The summed E-state index contributed by atoms with van der Waals surface area (Å²) in [5.41, 5.74) is 6.58. The average molecular weight is 279 g/mol. The summed E-state index contributed by atoms with van der Waals surface area (Å²) in [5.74, 6) is -0.373. The summed E-state index contributed by atoms with van der Waals surface area (Å²) in [6.07, 6.45) is 3.25. The number of aryl methyl sites for hydroxylation is 1. The number of hydrogen-bond donors (Lipinski definition) is 1. The van der Waals surface area contributed by atoms with Gasteiger partial charge < -0.3 is 10.2 Å². The Bertz CT molecular complexity index is 657. The molecule has 0 bridgehead atoms. The van der Waals surface area contributed by atoms with E-state index in [-0.39, 0.29) is 11.2 Å². The third-order valence-electron chi connectivity index (χ3n) is 3.27. The lowest BCUT2D eigenvalue weighted by molar-refractivity contribution is 0.423. The zero-order chi connectivity index (χ0) is 14.0. The zero-order valence-corrected chi connectivity index (χ0v) is 11.9. The summed E-state index contributed by atoms with van der Waals surface area (Å²) in [6, 6.07) is 3.48. The van der Waals surface area contributed by atoms with Gasteiger partial charge in [0.25, 0.3) is 0 Å². The Labute approximate surface area is 116 Å². The fourth-order valence-electron chi connectivity index (χ4n) is 1.90. The van der Waals surface area contributed by atoms with Crippen LogP contribution in [0.3, 0.4) is 0 Å². The van der Waals surface area contributed by atoms with Crippen molar-refractivity contribution in [2.75, 3.05) is 0 Å². The molecule has 6 heteroatoms. The predicted octanol–water partition coefficient (Wildman–Crippen LogP) is 2.08. The van der Waals surface area contributed by atoms with Crippen LogP contribution in [0.15, 0.2) is 27.5 Å². The summed E-state index contributed by atoms with van der Waals surface area (Å²) in [6.45, 7) is 4.56. The molecule has 0 spiro atoms. The lowest BCUT2D eigenvalue weighted by atomic mass is 9.88. The molecule has 2 rings (SSSR count). The van der Waals surface area contributed by atoms with E-state index in [1.165, 1.54) is 0 Å². The predicted molar refractivity (Wildman–Crippen MR) is 78.1 cm³/mol. The van der Waals surface area contributed by atoms with Crippen LogP contribution in [0.1, 0.15) is 26.7 Å². The van der Waals surface area contributed by atoms with Crippen molar-refractivity contribution < 1.29 is 4.42 Å². The molecular formula is C13H17N3O2S. The van der Waals surface area contributed by atoms with Crippen LogP contribution in [0.25, 0.3) is 11.2 Å². The van der Waals surface area contributed by atoms with Crippen LogP contribution in [-0.4, -0.2) is 14.5 Å². The molecule has 2 aromatic rings. The number of fused-ring (bicyclic) bond motifs is 1. The Hall–Kier alpha value is -1.69. The molecule has 102 valence electrons. The van der Waals surface area contributed by atoms with Gasteiger partial charge in [-0.25, -0.2) is 9.78 Å². The molecule has 0 saturated heterocycles. The van der Waals surface area contributed by atoms with Gasteiger partial charge in [-0.15, -0.1) is 0 Å². The number of pyridine rings is 1. The molecule has 2 aromatic heterocycles. The van der Waals surface area contributed by atoms with Crippen LogP contribution in [0, 0.1) is 5.41 Å². The van der Waals surface area contributed by atoms with Crippen molar-refractivity contribution in [3.8, 4) is 0 Å². The Morgan fingerprint density at radius 1 is 1.58 bits per heavy atom. The number of nitrogens with zero attached hydrogens (tertiary/aromatic N) is 2. The van der Waals surface area contributed by atoms with Crippen LogP contribution in [0.4, 0.5) is 0 Å². The fraction of sp³-hybridized carbons (Fsp3) is 0.462. The molecule has 0 aliphatic rings. The van der Waals surface area contributed by atoms with Crippen LogP contribution in [-0.2, 0) is 6.54 Å². The van der Waals surface area contributed by atoms with E-state index in [2.05, 4.69) is 4.98 Å². The van der Waals surface area contributed by atoms with Crippen LogP contribution in [0.5, 0.6) is 0 Å². The molecule has 2 heterocycles. The van der Waals surface area contributed by atoms with Gasteiger partial charge in [-0.05, 0) is 25.0 Å². The number of thiocarbonyl (C=S) groups is 1. The average Bonchev–Trinajstić information content (AvgIpc) is 2.65. The van der Waals surface area contributed by atoms with E-state index in [1.807, 2.05) is 13.8 Å². The second-order valence-corrected chi connectivity index (χ2v) is 5.64. The molecule has 0 aromatic carbocycles. The highest BCUT2D eigenvalue weighted by Crippen LogP contribution is 2.23. The number of rotatable bonds is 5. The Balaban J connectivity index is 2.13. The summed E-state index contributed by atoms with van der Waals surface area (Å²) in [7, 11) is 0. The van der Waals surface area contributed by atoms with Crippen molar-refractivity contribution in [1.82, 2.24) is 9.55 Å². The van der Waals surface area contributed by atoms with Gasteiger partial charge in [0.2, 0.25) is 0 Å². The molecule has 2 N–H and O–H groups in total. The van der Waals surface area contributed by atoms with Gasteiger partial charge in [0, 0.05) is 18.2 Å². The SMILES string of the molecule is CC(C)(CCCn1c(=O)oc2cccnc21)C(N)=S. The van der Waals surface area contributed by atoms with Gasteiger partial charge in [-0.3, -0.25) is 4.57 Å². The van der Waals surface area contributed by atoms with Crippen LogP contribution < -0.4 is 11.5 Å². The van der Waals surface area contributed by atoms with Crippen molar-refractivity contribution in [3.63, 3.8) is 0 Å². The van der Waals surface area contributed by atoms with Crippen LogP contribution in [0.2, 0.25) is 0 Å². The quantitative estimate of drug-likeness (QED) is 0.848. The van der Waals surface area contributed by atoms with E-state index in [1.54, 1.807) is 22.9 Å². The molecule has 0 aliphatic carbocycles. The summed E-state index contributed by atoms with van der Waals surface area (Å²) in [4.78, 5) is 16.4. The summed E-state index contributed by atoms with van der Waals surface area (Å²) >= 11 is 5.03. The molecular weight excluding hydrogens is 262 g/mol. The van der Waals surface area contributed by atoms with Gasteiger partial charge in [-0.2, -0.15) is 0 Å². The highest BCUT2D eigenvalue weighted by Gasteiger charge is 2.21. The Morgan fingerprint density at radius 2 is 2.32 bits per heavy atom. The molecule has 0 aliphatic heterocycles. The molecule has 0 unspecified atom stereocenters. The van der Waals surface area contributed by atoms with Gasteiger partial charge in [0.15, 0.2) is 11.2 Å². The normalized spacial score (nSPS) is 11.9. The Kier molecular flexibility index (Phi) is 3.71. The summed E-state index contributed by atoms with van der Waals surface area (Å²) < 4.78 is 6.67. The van der Waals surface area contributed by atoms with Gasteiger partial charge in [0.05, 0.1) is 4.99 Å². The first-order valence-electron chi connectivity index (χ1n) is 6.16. The lowest BCUT2D eigenvalue weighted by Crippen LogP contribution is -2.30. The van der Waals surface area contributed by atoms with Crippen molar-refractivity contribution in [3.05, 3.63) is 28.9 Å².